The summed E-state index contributed by atoms with van der Waals surface area (Å²) in [6, 6.07) is 17.3. The molecule has 2 heterocycles. The largest absolute Gasteiger partial charge is 0.466 e. The summed E-state index contributed by atoms with van der Waals surface area (Å²) < 4.78 is 5.15. The number of fused-ring (bicyclic) bond motifs is 1. The van der Waals surface area contributed by atoms with Gasteiger partial charge in [0.05, 0.1) is 30.8 Å². The molecule has 0 radical (unpaired) electrons. The van der Waals surface area contributed by atoms with Crippen molar-refractivity contribution in [2.45, 2.75) is 45.6 Å². The Kier molecular flexibility index (Phi) is 7.22. The summed E-state index contributed by atoms with van der Waals surface area (Å²) in [4.78, 5) is 32.6. The molecule has 0 spiro atoms. The van der Waals surface area contributed by atoms with E-state index >= 15 is 0 Å². The number of esters is 1. The molecule has 1 N–H and O–H groups in total. The minimum atomic E-state index is -0.407. The SMILES string of the molecule is CCC1=C(C(=O)OC)C(c2ccccc2)N2C(CC(=O)Nc3ccc(C(C)C)cc3)=CSC2=N1. The van der Waals surface area contributed by atoms with Crippen LogP contribution in [-0.2, 0) is 14.3 Å². The quantitative estimate of drug-likeness (QED) is 0.499. The van der Waals surface area contributed by atoms with E-state index < -0.39 is 12.0 Å². The maximum absolute atomic E-state index is 13.0. The second kappa shape index (κ2) is 10.3. The van der Waals surface area contributed by atoms with Crippen molar-refractivity contribution < 1.29 is 14.3 Å². The number of nitrogens with zero attached hydrogens (tertiary/aromatic N) is 2. The lowest BCUT2D eigenvalue weighted by atomic mass is 9.93. The van der Waals surface area contributed by atoms with Gasteiger partial charge in [0, 0.05) is 11.4 Å². The molecule has 0 saturated heterocycles. The number of thioether (sulfide) groups is 1. The molecular weight excluding hydrogens is 446 g/mol. The first-order valence-electron chi connectivity index (χ1n) is 11.4. The summed E-state index contributed by atoms with van der Waals surface area (Å²) in [6.45, 7) is 6.26. The average molecular weight is 476 g/mol. The number of aliphatic imine (C=N–C) groups is 1. The molecule has 34 heavy (non-hydrogen) atoms. The highest BCUT2D eigenvalue weighted by Gasteiger charge is 2.41. The third-order valence-corrected chi connectivity index (χ3v) is 6.84. The Balaban J connectivity index is 1.61. The minimum absolute atomic E-state index is 0.123. The highest BCUT2D eigenvalue weighted by atomic mass is 32.2. The summed E-state index contributed by atoms with van der Waals surface area (Å²) in [5, 5.41) is 5.71. The summed E-state index contributed by atoms with van der Waals surface area (Å²) in [5.74, 6) is -0.0937. The number of benzene rings is 2. The number of rotatable bonds is 7. The summed E-state index contributed by atoms with van der Waals surface area (Å²) in [6.07, 6.45) is 0.769. The van der Waals surface area contributed by atoms with Crippen molar-refractivity contribution in [1.82, 2.24) is 4.90 Å². The van der Waals surface area contributed by atoms with Crippen LogP contribution in [0.1, 0.15) is 56.7 Å². The molecule has 0 aromatic heterocycles. The summed E-state index contributed by atoms with van der Waals surface area (Å²) >= 11 is 1.47. The Bertz CT molecular complexity index is 1170. The van der Waals surface area contributed by atoms with Gasteiger partial charge in [-0.25, -0.2) is 9.79 Å². The van der Waals surface area contributed by atoms with Crippen LogP contribution in [0.3, 0.4) is 0 Å². The van der Waals surface area contributed by atoms with Crippen LogP contribution in [-0.4, -0.2) is 29.1 Å². The molecule has 2 aromatic carbocycles. The van der Waals surface area contributed by atoms with Crippen LogP contribution in [0.5, 0.6) is 0 Å². The molecule has 0 saturated carbocycles. The Morgan fingerprint density at radius 1 is 1.12 bits per heavy atom. The first-order valence-corrected chi connectivity index (χ1v) is 12.3. The van der Waals surface area contributed by atoms with Crippen molar-refractivity contribution in [2.24, 2.45) is 4.99 Å². The van der Waals surface area contributed by atoms with E-state index in [2.05, 4.69) is 19.2 Å². The maximum Gasteiger partial charge on any atom is 0.338 e. The van der Waals surface area contributed by atoms with Crippen molar-refractivity contribution >= 4 is 34.5 Å². The fourth-order valence-electron chi connectivity index (χ4n) is 4.18. The van der Waals surface area contributed by atoms with Crippen LogP contribution in [0, 0.1) is 0 Å². The molecule has 1 atom stereocenters. The van der Waals surface area contributed by atoms with Gasteiger partial charge in [-0.3, -0.25) is 4.79 Å². The molecule has 7 heteroatoms. The van der Waals surface area contributed by atoms with E-state index in [9.17, 15) is 9.59 Å². The van der Waals surface area contributed by atoms with Gasteiger partial charge in [-0.1, -0.05) is 75.0 Å². The molecule has 1 amide bonds. The minimum Gasteiger partial charge on any atom is -0.466 e. The standard InChI is InChI=1S/C27H29N3O3S/c1-5-22-24(26(32)33-4)25(19-9-7-6-8-10-19)30-21(16-34-27(30)29-22)15-23(31)28-20-13-11-18(12-14-20)17(2)3/h6-14,16-17,25H,5,15H2,1-4H3,(H,28,31). The first-order chi connectivity index (χ1) is 16.4. The number of hydrogen-bond acceptors (Lipinski definition) is 6. The Morgan fingerprint density at radius 2 is 1.82 bits per heavy atom. The second-order valence-corrected chi connectivity index (χ2v) is 9.35. The lowest BCUT2D eigenvalue weighted by Crippen LogP contribution is -2.37. The number of ether oxygens (including phenoxy) is 1. The number of carbonyl (C=O) groups excluding carboxylic acids is 2. The molecule has 2 aliphatic rings. The van der Waals surface area contributed by atoms with Crippen LogP contribution >= 0.6 is 11.8 Å². The third kappa shape index (κ3) is 4.80. The number of nitrogens with one attached hydrogen (secondary N) is 1. The molecule has 2 aromatic rings. The molecule has 0 fully saturated rings. The highest BCUT2D eigenvalue weighted by Crippen LogP contribution is 2.45. The zero-order chi connectivity index (χ0) is 24.2. The van der Waals surface area contributed by atoms with Crippen molar-refractivity contribution in [3.63, 3.8) is 0 Å². The van der Waals surface area contributed by atoms with Crippen LogP contribution in [0.2, 0.25) is 0 Å². The molecule has 6 nitrogen and oxygen atoms in total. The van der Waals surface area contributed by atoms with Crippen molar-refractivity contribution in [3.8, 4) is 0 Å². The van der Waals surface area contributed by atoms with Crippen LogP contribution in [0.4, 0.5) is 5.69 Å². The number of anilines is 1. The predicted molar refractivity (Wildman–Crippen MR) is 137 cm³/mol. The van der Waals surface area contributed by atoms with Crippen molar-refractivity contribution in [2.75, 3.05) is 12.4 Å². The fraction of sp³-hybridized carbons (Fsp3) is 0.296. The number of methoxy groups -OCH3 is 1. The van der Waals surface area contributed by atoms with E-state index in [1.165, 1.54) is 24.4 Å². The number of amidine groups is 1. The number of carbonyl (C=O) groups is 2. The Hall–Kier alpha value is -3.32. The molecule has 0 aliphatic carbocycles. The summed E-state index contributed by atoms with van der Waals surface area (Å²) in [5.41, 5.74) is 4.95. The van der Waals surface area contributed by atoms with Gasteiger partial charge in [0.25, 0.3) is 0 Å². The molecule has 0 bridgehead atoms. The van der Waals surface area contributed by atoms with E-state index in [4.69, 9.17) is 9.73 Å². The van der Waals surface area contributed by atoms with Gasteiger partial charge in [0.2, 0.25) is 5.91 Å². The van der Waals surface area contributed by atoms with Crippen molar-refractivity contribution in [1.29, 1.82) is 0 Å². The monoisotopic (exact) mass is 475 g/mol. The average Bonchev–Trinajstić information content (AvgIpc) is 3.25. The van der Waals surface area contributed by atoms with Crippen molar-refractivity contribution in [3.05, 3.63) is 88.1 Å². The van der Waals surface area contributed by atoms with Crippen LogP contribution < -0.4 is 5.32 Å². The van der Waals surface area contributed by atoms with Gasteiger partial charge < -0.3 is 15.0 Å². The topological polar surface area (TPSA) is 71.0 Å². The van der Waals surface area contributed by atoms with E-state index in [1.807, 2.05) is 71.8 Å². The van der Waals surface area contributed by atoms with E-state index in [0.29, 0.717) is 23.6 Å². The van der Waals surface area contributed by atoms with Gasteiger partial charge in [-0.05, 0) is 41.0 Å². The molecule has 176 valence electrons. The summed E-state index contributed by atoms with van der Waals surface area (Å²) in [7, 11) is 1.39. The van der Waals surface area contributed by atoms with Crippen LogP contribution in [0.15, 0.2) is 82.0 Å². The molecule has 1 unspecified atom stereocenters. The maximum atomic E-state index is 13.0. The first kappa shape index (κ1) is 23.8. The zero-order valence-corrected chi connectivity index (χ0v) is 20.7. The van der Waals surface area contributed by atoms with Gasteiger partial charge in [0.15, 0.2) is 5.17 Å². The van der Waals surface area contributed by atoms with Gasteiger partial charge in [0.1, 0.15) is 0 Å². The van der Waals surface area contributed by atoms with E-state index in [0.717, 1.165) is 22.1 Å². The van der Waals surface area contributed by atoms with Gasteiger partial charge >= 0.3 is 5.97 Å². The molecular formula is C27H29N3O3S. The van der Waals surface area contributed by atoms with Crippen LogP contribution in [0.25, 0.3) is 0 Å². The van der Waals surface area contributed by atoms with E-state index in [1.54, 1.807) is 0 Å². The smallest absolute Gasteiger partial charge is 0.338 e. The predicted octanol–water partition coefficient (Wildman–Crippen LogP) is 5.98. The second-order valence-electron chi connectivity index (χ2n) is 8.51. The Morgan fingerprint density at radius 3 is 2.44 bits per heavy atom. The number of amides is 1. The van der Waals surface area contributed by atoms with E-state index in [-0.39, 0.29) is 12.3 Å². The Labute approximate surface area is 204 Å². The third-order valence-electron chi connectivity index (χ3n) is 5.95. The van der Waals surface area contributed by atoms with Gasteiger partial charge in [-0.2, -0.15) is 0 Å². The highest BCUT2D eigenvalue weighted by molar-refractivity contribution is 8.16. The lowest BCUT2D eigenvalue weighted by Gasteiger charge is -2.36. The fourth-order valence-corrected chi connectivity index (χ4v) is 5.12. The van der Waals surface area contributed by atoms with Gasteiger partial charge in [-0.15, -0.1) is 0 Å². The molecule has 2 aliphatic heterocycles. The number of hydrogen-bond donors (Lipinski definition) is 1. The molecule has 4 rings (SSSR count). The zero-order valence-electron chi connectivity index (χ0n) is 19.9. The normalized spacial score (nSPS) is 17.3. The number of allylic oxidation sites excluding steroid dienone is 1. The lowest BCUT2D eigenvalue weighted by molar-refractivity contribution is -0.136.